The minimum Gasteiger partial charge on any atom is -0.478 e. The fraction of sp³-hybridized carbons (Fsp3) is 0.429. The van der Waals surface area contributed by atoms with Gasteiger partial charge in [-0.1, -0.05) is 61.7 Å². The summed E-state index contributed by atoms with van der Waals surface area (Å²) in [5, 5.41) is 9.44. The van der Waals surface area contributed by atoms with Crippen LogP contribution >= 0.6 is 0 Å². The number of benzene rings is 2. The van der Waals surface area contributed by atoms with E-state index < -0.39 is 5.97 Å². The van der Waals surface area contributed by atoms with E-state index in [1.807, 2.05) is 29.2 Å². The smallest absolute Gasteiger partial charge is 0.331 e. The number of ether oxygens (including phenoxy) is 1. The van der Waals surface area contributed by atoms with Crippen molar-refractivity contribution >= 4 is 18.0 Å². The zero-order valence-electron chi connectivity index (χ0n) is 19.4. The highest BCUT2D eigenvalue weighted by Crippen LogP contribution is 2.41. The molecule has 0 atom stereocenters. The first-order valence-corrected chi connectivity index (χ1v) is 12.0. The van der Waals surface area contributed by atoms with Gasteiger partial charge in [-0.25, -0.2) is 4.79 Å². The highest BCUT2D eigenvalue weighted by atomic mass is 16.5. The second-order valence-electron chi connectivity index (χ2n) is 9.15. The largest absolute Gasteiger partial charge is 0.478 e. The second kappa shape index (κ2) is 10.8. The first-order valence-electron chi connectivity index (χ1n) is 12.0. The number of rotatable bonds is 6. The van der Waals surface area contributed by atoms with Gasteiger partial charge >= 0.3 is 5.97 Å². The Kier molecular flexibility index (Phi) is 7.61. The Morgan fingerprint density at radius 3 is 2.42 bits per heavy atom. The second-order valence-corrected chi connectivity index (χ2v) is 9.15. The molecular formula is C28H33NO4. The van der Waals surface area contributed by atoms with Gasteiger partial charge in [-0.15, -0.1) is 0 Å². The van der Waals surface area contributed by atoms with E-state index >= 15 is 0 Å². The highest BCUT2D eigenvalue weighted by molar-refractivity contribution is 5.92. The molecule has 33 heavy (non-hydrogen) atoms. The number of nitrogens with zero attached hydrogens (tertiary/aromatic N) is 1. The van der Waals surface area contributed by atoms with Gasteiger partial charge < -0.3 is 14.7 Å². The van der Waals surface area contributed by atoms with E-state index in [0.717, 1.165) is 35.1 Å². The number of carboxylic acid groups (broad SMARTS) is 1. The summed E-state index contributed by atoms with van der Waals surface area (Å²) >= 11 is 0. The maximum Gasteiger partial charge on any atom is 0.331 e. The lowest BCUT2D eigenvalue weighted by molar-refractivity contribution is -0.134. The molecule has 0 unspecified atom stereocenters. The standard InChI is InChI=1S/C28H33NO4/c1-20(28(31)32)16-21-17-24(19-26(30)29-12-14-33-15-13-29)27(23-10-6-3-7-11-23)25(18-21)22-8-4-2-5-9-22/h3,6-7,10-11,16-18,22H,2,4-5,8-9,12-15,19H2,1H3,(H,31,32)/b20-16+. The molecule has 0 aromatic heterocycles. The molecule has 5 nitrogen and oxygen atoms in total. The summed E-state index contributed by atoms with van der Waals surface area (Å²) in [7, 11) is 0. The summed E-state index contributed by atoms with van der Waals surface area (Å²) in [6.07, 6.45) is 7.95. The van der Waals surface area contributed by atoms with Gasteiger partial charge in [-0.3, -0.25) is 4.79 Å². The Hall–Kier alpha value is -2.92. The van der Waals surface area contributed by atoms with E-state index in [-0.39, 0.29) is 5.91 Å². The molecule has 2 aliphatic rings. The number of carbonyl (C=O) groups is 2. The van der Waals surface area contributed by atoms with Gasteiger partial charge in [0.2, 0.25) is 5.91 Å². The number of morpholine rings is 1. The molecule has 2 fully saturated rings. The van der Waals surface area contributed by atoms with Crippen molar-refractivity contribution in [2.75, 3.05) is 26.3 Å². The van der Waals surface area contributed by atoms with E-state index in [9.17, 15) is 14.7 Å². The van der Waals surface area contributed by atoms with Crippen molar-refractivity contribution in [3.05, 3.63) is 64.7 Å². The summed E-state index contributed by atoms with van der Waals surface area (Å²) in [4.78, 5) is 26.6. The average Bonchev–Trinajstić information content (AvgIpc) is 2.85. The van der Waals surface area contributed by atoms with Crippen LogP contribution < -0.4 is 0 Å². The molecular weight excluding hydrogens is 414 g/mol. The molecule has 1 heterocycles. The summed E-state index contributed by atoms with van der Waals surface area (Å²) < 4.78 is 5.42. The molecule has 0 bridgehead atoms. The van der Waals surface area contributed by atoms with Crippen LogP contribution in [0.5, 0.6) is 0 Å². The molecule has 1 saturated heterocycles. The molecule has 4 rings (SSSR count). The quantitative estimate of drug-likeness (QED) is 0.611. The molecule has 5 heteroatoms. The van der Waals surface area contributed by atoms with Gasteiger partial charge in [0.25, 0.3) is 0 Å². The minimum atomic E-state index is -0.924. The average molecular weight is 448 g/mol. The van der Waals surface area contributed by atoms with Crippen molar-refractivity contribution in [2.24, 2.45) is 0 Å². The fourth-order valence-electron chi connectivity index (χ4n) is 5.07. The molecule has 1 saturated carbocycles. The summed E-state index contributed by atoms with van der Waals surface area (Å²) in [6.45, 7) is 4.00. The first kappa shape index (κ1) is 23.2. The lowest BCUT2D eigenvalue weighted by Crippen LogP contribution is -2.41. The van der Waals surface area contributed by atoms with Crippen LogP contribution in [0.4, 0.5) is 0 Å². The highest BCUT2D eigenvalue weighted by Gasteiger charge is 2.25. The van der Waals surface area contributed by atoms with Crippen molar-refractivity contribution in [3.63, 3.8) is 0 Å². The lowest BCUT2D eigenvalue weighted by Gasteiger charge is -2.29. The molecule has 1 aliphatic carbocycles. The molecule has 1 amide bonds. The van der Waals surface area contributed by atoms with Gasteiger partial charge in [0.15, 0.2) is 0 Å². The zero-order valence-corrected chi connectivity index (χ0v) is 19.4. The summed E-state index contributed by atoms with van der Waals surface area (Å²) in [5.74, 6) is -0.405. The molecule has 2 aromatic carbocycles. The Bertz CT molecular complexity index is 1020. The normalized spacial score (nSPS) is 17.7. The summed E-state index contributed by atoms with van der Waals surface area (Å²) in [5.41, 5.74) is 5.65. The topological polar surface area (TPSA) is 66.8 Å². The van der Waals surface area contributed by atoms with E-state index in [2.05, 4.69) is 18.2 Å². The maximum atomic E-state index is 13.2. The van der Waals surface area contributed by atoms with Crippen molar-refractivity contribution in [1.82, 2.24) is 4.90 Å². The third-order valence-corrected chi connectivity index (χ3v) is 6.81. The Morgan fingerprint density at radius 2 is 1.76 bits per heavy atom. The number of carbonyl (C=O) groups excluding carboxylic acids is 1. The van der Waals surface area contributed by atoms with Crippen molar-refractivity contribution in [2.45, 2.75) is 51.4 Å². The molecule has 0 radical (unpaired) electrons. The van der Waals surface area contributed by atoms with Gasteiger partial charge in [0.05, 0.1) is 19.6 Å². The molecule has 2 aromatic rings. The van der Waals surface area contributed by atoms with Crippen LogP contribution in [0.15, 0.2) is 48.0 Å². The molecule has 1 N–H and O–H groups in total. The number of amides is 1. The number of hydrogen-bond donors (Lipinski definition) is 1. The summed E-state index contributed by atoms with van der Waals surface area (Å²) in [6, 6.07) is 14.5. The third-order valence-electron chi connectivity index (χ3n) is 6.81. The van der Waals surface area contributed by atoms with Gasteiger partial charge in [-0.05, 0) is 59.6 Å². The van der Waals surface area contributed by atoms with E-state index in [1.54, 1.807) is 13.0 Å². The number of carboxylic acids is 1. The Balaban J connectivity index is 1.83. The van der Waals surface area contributed by atoms with Gasteiger partial charge in [-0.2, -0.15) is 0 Å². The van der Waals surface area contributed by atoms with E-state index in [0.29, 0.717) is 44.2 Å². The minimum absolute atomic E-state index is 0.0983. The molecule has 0 spiro atoms. The first-order chi connectivity index (χ1) is 16.0. The van der Waals surface area contributed by atoms with Crippen LogP contribution in [-0.2, 0) is 20.7 Å². The monoisotopic (exact) mass is 447 g/mol. The SMILES string of the molecule is C/C(=C\c1cc(CC(=O)N2CCOCC2)c(-c2ccccc2)c(C2CCCCC2)c1)C(=O)O. The van der Waals surface area contributed by atoms with Crippen LogP contribution in [0.25, 0.3) is 17.2 Å². The maximum absolute atomic E-state index is 13.2. The van der Waals surface area contributed by atoms with Crippen LogP contribution in [-0.4, -0.2) is 48.2 Å². The Morgan fingerprint density at radius 1 is 1.06 bits per heavy atom. The predicted octanol–water partition coefficient (Wildman–Crippen LogP) is 5.29. The predicted molar refractivity (Wildman–Crippen MR) is 130 cm³/mol. The van der Waals surface area contributed by atoms with Crippen LogP contribution in [0.2, 0.25) is 0 Å². The van der Waals surface area contributed by atoms with Crippen LogP contribution in [0, 0.1) is 0 Å². The van der Waals surface area contributed by atoms with Crippen LogP contribution in [0.1, 0.15) is 61.6 Å². The van der Waals surface area contributed by atoms with Crippen molar-refractivity contribution < 1.29 is 19.4 Å². The lowest BCUT2D eigenvalue weighted by atomic mass is 9.78. The van der Waals surface area contributed by atoms with Gasteiger partial charge in [0, 0.05) is 18.7 Å². The zero-order chi connectivity index (χ0) is 23.2. The van der Waals surface area contributed by atoms with E-state index in [1.165, 1.54) is 24.8 Å². The van der Waals surface area contributed by atoms with Crippen LogP contribution in [0.3, 0.4) is 0 Å². The van der Waals surface area contributed by atoms with Crippen molar-refractivity contribution in [3.8, 4) is 11.1 Å². The van der Waals surface area contributed by atoms with Crippen molar-refractivity contribution in [1.29, 1.82) is 0 Å². The Labute approximate surface area is 196 Å². The van der Waals surface area contributed by atoms with Gasteiger partial charge in [0.1, 0.15) is 0 Å². The molecule has 1 aliphatic heterocycles. The number of hydrogen-bond acceptors (Lipinski definition) is 3. The number of aliphatic carboxylic acids is 1. The third kappa shape index (κ3) is 5.72. The fourth-order valence-corrected chi connectivity index (χ4v) is 5.07. The van der Waals surface area contributed by atoms with E-state index in [4.69, 9.17) is 4.74 Å². The molecule has 174 valence electrons.